The zero-order valence-corrected chi connectivity index (χ0v) is 13.9. The average molecular weight is 346 g/mol. The van der Waals surface area contributed by atoms with Crippen LogP contribution in [0, 0.1) is 5.41 Å². The van der Waals surface area contributed by atoms with E-state index < -0.39 is 0 Å². The number of halogens is 1. The van der Waals surface area contributed by atoms with Crippen LogP contribution in [-0.2, 0) is 11.3 Å². The quantitative estimate of drug-likeness (QED) is 0.743. The summed E-state index contributed by atoms with van der Waals surface area (Å²) in [5.41, 5.74) is 2.82. The Hall–Kier alpha value is -2.37. The summed E-state index contributed by atoms with van der Waals surface area (Å²) in [5, 5.41) is 12.4. The van der Waals surface area contributed by atoms with Crippen molar-refractivity contribution < 1.29 is 4.79 Å². The Morgan fingerprint density at radius 2 is 1.78 bits per heavy atom. The third kappa shape index (κ3) is 4.09. The van der Waals surface area contributed by atoms with Gasteiger partial charge in [-0.25, -0.2) is 0 Å². The van der Waals surface area contributed by atoms with Gasteiger partial charge in [0.25, 0.3) is 0 Å². The molecule has 1 heterocycles. The zero-order valence-electron chi connectivity index (χ0n) is 12.2. The van der Waals surface area contributed by atoms with Gasteiger partial charge in [0.2, 0.25) is 5.91 Å². The van der Waals surface area contributed by atoms with Gasteiger partial charge in [-0.15, -0.1) is 23.7 Å². The van der Waals surface area contributed by atoms with Crippen LogP contribution in [0.3, 0.4) is 0 Å². The topological polar surface area (TPSA) is 57.9 Å². The van der Waals surface area contributed by atoms with Crippen LogP contribution in [0.1, 0.15) is 0 Å². The molecule has 1 aromatic heterocycles. The van der Waals surface area contributed by atoms with Gasteiger partial charge >= 0.3 is 0 Å². The number of nitrogens with one attached hydrogen (secondary N) is 2. The molecule has 0 radical (unpaired) electrons. The van der Waals surface area contributed by atoms with Crippen LogP contribution in [0.25, 0.3) is 11.1 Å². The lowest BCUT2D eigenvalue weighted by Gasteiger charge is -2.11. The zero-order chi connectivity index (χ0) is 15.4. The van der Waals surface area contributed by atoms with Gasteiger partial charge in [-0.1, -0.05) is 48.5 Å². The summed E-state index contributed by atoms with van der Waals surface area (Å²) in [4.78, 5) is 12.6. The molecule has 0 aliphatic carbocycles. The molecule has 23 heavy (non-hydrogen) atoms. The largest absolute Gasteiger partial charge is 0.324 e. The minimum absolute atomic E-state index is 0. The molecule has 0 atom stereocenters. The summed E-state index contributed by atoms with van der Waals surface area (Å²) in [6, 6.07) is 17.7. The van der Waals surface area contributed by atoms with Crippen molar-refractivity contribution >= 4 is 35.3 Å². The van der Waals surface area contributed by atoms with Gasteiger partial charge in [-0.2, -0.15) is 0 Å². The highest BCUT2D eigenvalue weighted by molar-refractivity contribution is 7.06. The van der Waals surface area contributed by atoms with E-state index in [0.717, 1.165) is 16.8 Å². The Morgan fingerprint density at radius 1 is 1.09 bits per heavy atom. The summed E-state index contributed by atoms with van der Waals surface area (Å²) >= 11 is 1.30. The van der Waals surface area contributed by atoms with Gasteiger partial charge < -0.3 is 9.88 Å². The molecule has 4 nitrogen and oxygen atoms in total. The standard InChI is InChI=1S/C17H15N3OS.ClH/c18-17-20(10-11-22-17)12-16(21)19-15-9-5-4-8-14(15)13-6-2-1-3-7-13;/h1-11,18H,12H2,(H,19,21);1H. The molecule has 0 unspecified atom stereocenters. The number of thiazole rings is 1. The molecule has 0 aliphatic heterocycles. The molecule has 0 fully saturated rings. The summed E-state index contributed by atoms with van der Waals surface area (Å²) in [5.74, 6) is -0.139. The summed E-state index contributed by atoms with van der Waals surface area (Å²) in [7, 11) is 0. The molecule has 3 aromatic rings. The summed E-state index contributed by atoms with van der Waals surface area (Å²) in [6.07, 6.45) is 1.75. The fraction of sp³-hybridized carbons (Fsp3) is 0.0588. The van der Waals surface area contributed by atoms with Crippen molar-refractivity contribution in [2.75, 3.05) is 5.32 Å². The van der Waals surface area contributed by atoms with Crippen molar-refractivity contribution in [2.45, 2.75) is 6.54 Å². The Kier molecular flexibility index (Phi) is 5.73. The van der Waals surface area contributed by atoms with Crippen molar-refractivity contribution in [3.8, 4) is 11.1 Å². The molecule has 0 bridgehead atoms. The Balaban J connectivity index is 0.00000192. The van der Waals surface area contributed by atoms with Gasteiger partial charge in [0.15, 0.2) is 4.80 Å². The third-order valence-electron chi connectivity index (χ3n) is 3.28. The first-order chi connectivity index (χ1) is 10.7. The maximum Gasteiger partial charge on any atom is 0.244 e. The lowest BCUT2D eigenvalue weighted by atomic mass is 10.0. The minimum atomic E-state index is -0.139. The number of hydrogen-bond acceptors (Lipinski definition) is 3. The van der Waals surface area contributed by atoms with E-state index >= 15 is 0 Å². The van der Waals surface area contributed by atoms with Crippen molar-refractivity contribution in [1.82, 2.24) is 4.57 Å². The molecule has 2 aromatic carbocycles. The maximum absolute atomic E-state index is 12.2. The van der Waals surface area contributed by atoms with E-state index in [2.05, 4.69) is 5.32 Å². The number of amides is 1. The van der Waals surface area contributed by atoms with E-state index in [1.807, 2.05) is 54.6 Å². The van der Waals surface area contributed by atoms with E-state index in [4.69, 9.17) is 5.41 Å². The molecule has 3 rings (SSSR count). The van der Waals surface area contributed by atoms with E-state index in [0.29, 0.717) is 4.80 Å². The normalized spacial score (nSPS) is 9.91. The fourth-order valence-electron chi connectivity index (χ4n) is 2.23. The predicted molar refractivity (Wildman–Crippen MR) is 95.9 cm³/mol. The highest BCUT2D eigenvalue weighted by Gasteiger charge is 2.09. The van der Waals surface area contributed by atoms with Gasteiger partial charge in [0, 0.05) is 22.8 Å². The van der Waals surface area contributed by atoms with Crippen molar-refractivity contribution in [1.29, 1.82) is 5.41 Å². The van der Waals surface area contributed by atoms with Crippen LogP contribution in [0.15, 0.2) is 66.2 Å². The number of carbonyl (C=O) groups excluding carboxylic acids is 1. The highest BCUT2D eigenvalue weighted by atomic mass is 35.5. The van der Waals surface area contributed by atoms with E-state index in [9.17, 15) is 4.79 Å². The molecule has 1 amide bonds. The summed E-state index contributed by atoms with van der Waals surface area (Å²) < 4.78 is 1.62. The second-order valence-corrected chi connectivity index (χ2v) is 5.69. The number of hydrogen-bond donors (Lipinski definition) is 2. The molecule has 0 aliphatic rings. The van der Waals surface area contributed by atoms with Crippen LogP contribution in [0.2, 0.25) is 0 Å². The van der Waals surface area contributed by atoms with Gasteiger partial charge in [0.05, 0.1) is 0 Å². The lowest BCUT2D eigenvalue weighted by Crippen LogP contribution is -2.24. The number of aromatic nitrogens is 1. The number of para-hydroxylation sites is 1. The number of benzene rings is 2. The van der Waals surface area contributed by atoms with E-state index in [-0.39, 0.29) is 24.9 Å². The van der Waals surface area contributed by atoms with Crippen LogP contribution < -0.4 is 10.1 Å². The SMILES string of the molecule is Cl.N=c1sccn1CC(=O)Nc1ccccc1-c1ccccc1. The number of carbonyl (C=O) groups is 1. The molecule has 0 saturated carbocycles. The molecule has 0 spiro atoms. The van der Waals surface area contributed by atoms with Crippen molar-refractivity contribution in [3.63, 3.8) is 0 Å². The first kappa shape index (κ1) is 17.0. The van der Waals surface area contributed by atoms with Crippen LogP contribution in [0.5, 0.6) is 0 Å². The second kappa shape index (κ2) is 7.76. The maximum atomic E-state index is 12.2. The molecule has 2 N–H and O–H groups in total. The number of rotatable bonds is 4. The smallest absolute Gasteiger partial charge is 0.244 e. The summed E-state index contributed by atoms with van der Waals surface area (Å²) in [6.45, 7) is 0.144. The first-order valence-corrected chi connectivity index (χ1v) is 7.75. The van der Waals surface area contributed by atoms with Crippen LogP contribution in [-0.4, -0.2) is 10.5 Å². The molecule has 6 heteroatoms. The molecular weight excluding hydrogens is 330 g/mol. The fourth-order valence-corrected chi connectivity index (χ4v) is 2.83. The Bertz CT molecular complexity index is 842. The average Bonchev–Trinajstić information content (AvgIpc) is 2.94. The number of nitrogens with zero attached hydrogens (tertiary/aromatic N) is 1. The molecular formula is C17H16ClN3OS. The lowest BCUT2D eigenvalue weighted by molar-refractivity contribution is -0.116. The van der Waals surface area contributed by atoms with Gasteiger partial charge in [0.1, 0.15) is 6.54 Å². The monoisotopic (exact) mass is 345 g/mol. The van der Waals surface area contributed by atoms with E-state index in [1.54, 1.807) is 16.1 Å². The van der Waals surface area contributed by atoms with Crippen molar-refractivity contribution in [2.24, 2.45) is 0 Å². The highest BCUT2D eigenvalue weighted by Crippen LogP contribution is 2.27. The Morgan fingerprint density at radius 3 is 2.48 bits per heavy atom. The van der Waals surface area contributed by atoms with Gasteiger partial charge in [-0.05, 0) is 11.6 Å². The van der Waals surface area contributed by atoms with Crippen molar-refractivity contribution in [3.05, 3.63) is 71.0 Å². The van der Waals surface area contributed by atoms with Crippen LogP contribution >= 0.6 is 23.7 Å². The second-order valence-electron chi connectivity index (χ2n) is 4.80. The predicted octanol–water partition coefficient (Wildman–Crippen LogP) is 3.76. The Labute approximate surface area is 144 Å². The third-order valence-corrected chi connectivity index (χ3v) is 4.00. The van der Waals surface area contributed by atoms with Gasteiger partial charge in [-0.3, -0.25) is 10.2 Å². The number of anilines is 1. The minimum Gasteiger partial charge on any atom is -0.324 e. The first-order valence-electron chi connectivity index (χ1n) is 6.87. The van der Waals surface area contributed by atoms with Crippen LogP contribution in [0.4, 0.5) is 5.69 Å². The molecule has 0 saturated heterocycles. The molecule has 118 valence electrons. The van der Waals surface area contributed by atoms with E-state index in [1.165, 1.54) is 11.3 Å².